The Morgan fingerprint density at radius 3 is 2.63 bits per heavy atom. The fraction of sp³-hybridized carbons (Fsp3) is 0.333. The topological polar surface area (TPSA) is 49.8 Å². The lowest BCUT2D eigenvalue weighted by molar-refractivity contribution is 1.03. The quantitative estimate of drug-likeness (QED) is 0.863. The highest BCUT2D eigenvalue weighted by atomic mass is 15.1. The van der Waals surface area contributed by atoms with E-state index in [2.05, 4.69) is 51.8 Å². The highest BCUT2D eigenvalue weighted by molar-refractivity contribution is 5.42. The molecule has 4 heteroatoms. The lowest BCUT2D eigenvalue weighted by Crippen LogP contribution is -2.07. The number of aryl methyl sites for hydroxylation is 2. The average molecular weight is 256 g/mol. The molecule has 0 unspecified atom stereocenters. The fourth-order valence-electron chi connectivity index (χ4n) is 1.91. The summed E-state index contributed by atoms with van der Waals surface area (Å²) in [6.45, 7) is 7.69. The molecule has 4 nitrogen and oxygen atoms in total. The molecule has 0 radical (unpaired) electrons. The summed E-state index contributed by atoms with van der Waals surface area (Å²) in [6, 6.07) is 10.4. The van der Waals surface area contributed by atoms with Crippen LogP contribution in [-0.2, 0) is 6.54 Å². The monoisotopic (exact) mass is 256 g/mol. The van der Waals surface area contributed by atoms with Crippen LogP contribution in [0.2, 0.25) is 0 Å². The molecule has 1 heterocycles. The van der Waals surface area contributed by atoms with Gasteiger partial charge in [-0.15, -0.1) is 0 Å². The van der Waals surface area contributed by atoms with E-state index < -0.39 is 0 Å². The molecule has 1 aromatic carbocycles. The van der Waals surface area contributed by atoms with E-state index in [1.165, 1.54) is 11.1 Å². The molecule has 19 heavy (non-hydrogen) atoms. The van der Waals surface area contributed by atoms with E-state index in [-0.39, 0.29) is 0 Å². The Morgan fingerprint density at radius 2 is 1.89 bits per heavy atom. The highest BCUT2D eigenvalue weighted by Crippen LogP contribution is 2.11. The van der Waals surface area contributed by atoms with Crippen LogP contribution in [0.15, 0.2) is 30.3 Å². The lowest BCUT2D eigenvalue weighted by Gasteiger charge is -2.09. The van der Waals surface area contributed by atoms with E-state index in [0.717, 1.165) is 24.6 Å². The largest absolute Gasteiger partial charge is 0.366 e. The van der Waals surface area contributed by atoms with Gasteiger partial charge in [0.05, 0.1) is 0 Å². The van der Waals surface area contributed by atoms with Crippen molar-refractivity contribution in [3.8, 4) is 0 Å². The molecule has 0 aliphatic heterocycles. The van der Waals surface area contributed by atoms with Crippen LogP contribution in [0.25, 0.3) is 0 Å². The Balaban J connectivity index is 2.06. The molecule has 2 N–H and O–H groups in total. The van der Waals surface area contributed by atoms with Gasteiger partial charge in [0.1, 0.15) is 5.82 Å². The third kappa shape index (κ3) is 3.95. The molecule has 0 amide bonds. The molecule has 2 rings (SSSR count). The van der Waals surface area contributed by atoms with Gasteiger partial charge in [-0.3, -0.25) is 0 Å². The Hall–Kier alpha value is -2.10. The van der Waals surface area contributed by atoms with Crippen molar-refractivity contribution in [3.63, 3.8) is 0 Å². The van der Waals surface area contributed by atoms with Gasteiger partial charge in [0.25, 0.3) is 0 Å². The third-order valence-electron chi connectivity index (χ3n) is 2.75. The van der Waals surface area contributed by atoms with Gasteiger partial charge < -0.3 is 10.6 Å². The molecule has 1 aromatic heterocycles. The number of nitrogens with zero attached hydrogens (tertiary/aromatic N) is 2. The first-order valence-corrected chi connectivity index (χ1v) is 6.56. The minimum atomic E-state index is 0.675. The Morgan fingerprint density at radius 1 is 1.05 bits per heavy atom. The second kappa shape index (κ2) is 6.18. The first-order chi connectivity index (χ1) is 9.17. The predicted octanol–water partition coefficient (Wildman–Crippen LogP) is 3.14. The van der Waals surface area contributed by atoms with Gasteiger partial charge in [-0.1, -0.05) is 29.8 Å². The van der Waals surface area contributed by atoms with Crippen LogP contribution < -0.4 is 10.6 Å². The summed E-state index contributed by atoms with van der Waals surface area (Å²) < 4.78 is 0. The van der Waals surface area contributed by atoms with Crippen molar-refractivity contribution in [1.29, 1.82) is 0 Å². The number of aromatic nitrogens is 2. The summed E-state index contributed by atoms with van der Waals surface area (Å²) >= 11 is 0. The second-order valence-corrected chi connectivity index (χ2v) is 4.59. The maximum atomic E-state index is 4.43. The first-order valence-electron chi connectivity index (χ1n) is 6.56. The van der Waals surface area contributed by atoms with Gasteiger partial charge >= 0.3 is 0 Å². The zero-order valence-corrected chi connectivity index (χ0v) is 11.7. The van der Waals surface area contributed by atoms with Crippen LogP contribution in [-0.4, -0.2) is 16.5 Å². The maximum absolute atomic E-state index is 4.43. The van der Waals surface area contributed by atoms with Crippen molar-refractivity contribution >= 4 is 11.8 Å². The van der Waals surface area contributed by atoms with Gasteiger partial charge in [-0.25, -0.2) is 4.98 Å². The first kappa shape index (κ1) is 13.3. The molecular formula is C15H20N4. The van der Waals surface area contributed by atoms with Crippen molar-refractivity contribution in [2.45, 2.75) is 27.3 Å². The van der Waals surface area contributed by atoms with Crippen molar-refractivity contribution in [1.82, 2.24) is 9.97 Å². The summed E-state index contributed by atoms with van der Waals surface area (Å²) in [5.41, 5.74) is 3.48. The summed E-state index contributed by atoms with van der Waals surface area (Å²) in [4.78, 5) is 8.76. The normalized spacial score (nSPS) is 10.3. The Labute approximate surface area is 114 Å². The summed E-state index contributed by atoms with van der Waals surface area (Å²) in [5, 5.41) is 6.47. The average Bonchev–Trinajstić information content (AvgIpc) is 2.36. The third-order valence-corrected chi connectivity index (χ3v) is 2.75. The molecule has 0 bridgehead atoms. The fourth-order valence-corrected chi connectivity index (χ4v) is 1.91. The van der Waals surface area contributed by atoms with Crippen LogP contribution in [0, 0.1) is 13.8 Å². The Kier molecular flexibility index (Phi) is 4.34. The molecule has 2 aromatic rings. The molecule has 0 saturated heterocycles. The van der Waals surface area contributed by atoms with E-state index in [1.807, 2.05) is 19.9 Å². The smallest absolute Gasteiger partial charge is 0.224 e. The molecular weight excluding hydrogens is 236 g/mol. The van der Waals surface area contributed by atoms with Crippen molar-refractivity contribution in [2.75, 3.05) is 17.2 Å². The van der Waals surface area contributed by atoms with Gasteiger partial charge in [-0.05, 0) is 26.3 Å². The van der Waals surface area contributed by atoms with Gasteiger partial charge in [0.2, 0.25) is 5.95 Å². The van der Waals surface area contributed by atoms with Crippen LogP contribution in [0.1, 0.15) is 23.7 Å². The van der Waals surface area contributed by atoms with Crippen LogP contribution in [0.5, 0.6) is 0 Å². The van der Waals surface area contributed by atoms with E-state index in [9.17, 15) is 0 Å². The lowest BCUT2D eigenvalue weighted by atomic mass is 10.1. The number of nitrogens with one attached hydrogen (secondary N) is 2. The second-order valence-electron chi connectivity index (χ2n) is 4.59. The van der Waals surface area contributed by atoms with Crippen molar-refractivity contribution in [2.24, 2.45) is 0 Å². The van der Waals surface area contributed by atoms with E-state index in [0.29, 0.717) is 5.95 Å². The zero-order valence-electron chi connectivity index (χ0n) is 11.7. The van der Waals surface area contributed by atoms with E-state index in [1.54, 1.807) is 0 Å². The minimum absolute atomic E-state index is 0.675. The van der Waals surface area contributed by atoms with Gasteiger partial charge in [0, 0.05) is 24.8 Å². The van der Waals surface area contributed by atoms with Crippen LogP contribution in [0.4, 0.5) is 11.8 Å². The summed E-state index contributed by atoms with van der Waals surface area (Å²) in [6.07, 6.45) is 0. The molecule has 100 valence electrons. The number of rotatable bonds is 5. The van der Waals surface area contributed by atoms with Gasteiger partial charge in [0.15, 0.2) is 0 Å². The highest BCUT2D eigenvalue weighted by Gasteiger charge is 2.01. The number of benzene rings is 1. The number of anilines is 2. The van der Waals surface area contributed by atoms with E-state index >= 15 is 0 Å². The van der Waals surface area contributed by atoms with Crippen LogP contribution >= 0.6 is 0 Å². The van der Waals surface area contributed by atoms with Gasteiger partial charge in [-0.2, -0.15) is 4.98 Å². The van der Waals surface area contributed by atoms with Crippen LogP contribution in [0.3, 0.4) is 0 Å². The van der Waals surface area contributed by atoms with E-state index in [4.69, 9.17) is 0 Å². The molecule has 0 fully saturated rings. The zero-order chi connectivity index (χ0) is 13.7. The summed E-state index contributed by atoms with van der Waals surface area (Å²) in [5.74, 6) is 1.53. The van der Waals surface area contributed by atoms with Crippen molar-refractivity contribution < 1.29 is 0 Å². The molecule has 0 aliphatic carbocycles. The Bertz CT molecular complexity index is 552. The molecule has 0 saturated carbocycles. The SMILES string of the molecule is CCNc1nc(C)cc(NCc2cccc(C)c2)n1. The minimum Gasteiger partial charge on any atom is -0.366 e. The van der Waals surface area contributed by atoms with Crippen molar-refractivity contribution in [3.05, 3.63) is 47.2 Å². The number of hydrogen-bond donors (Lipinski definition) is 2. The number of hydrogen-bond acceptors (Lipinski definition) is 4. The molecule has 0 aliphatic rings. The standard InChI is InChI=1S/C15H20N4/c1-4-16-15-18-12(3)9-14(19-15)17-10-13-7-5-6-11(2)8-13/h5-9H,4,10H2,1-3H3,(H2,16,17,18,19). The predicted molar refractivity (Wildman–Crippen MR) is 79.4 cm³/mol. The molecule has 0 spiro atoms. The molecule has 0 atom stereocenters. The summed E-state index contributed by atoms with van der Waals surface area (Å²) in [7, 11) is 0. The maximum Gasteiger partial charge on any atom is 0.224 e.